The summed E-state index contributed by atoms with van der Waals surface area (Å²) in [6, 6.07) is -0.155. The van der Waals surface area contributed by atoms with Crippen molar-refractivity contribution in [3.05, 3.63) is 0 Å². The van der Waals surface area contributed by atoms with Gasteiger partial charge >= 0.3 is 5.97 Å². The lowest BCUT2D eigenvalue weighted by Crippen LogP contribution is -2.50. The molecular weight excluding hydrogens is 232 g/mol. The van der Waals surface area contributed by atoms with E-state index in [1.807, 2.05) is 6.92 Å². The number of hydrogen-bond donors (Lipinski definition) is 1. The minimum absolute atomic E-state index is 0.148. The van der Waals surface area contributed by atoms with Gasteiger partial charge in [-0.15, -0.1) is 0 Å². The van der Waals surface area contributed by atoms with Crippen molar-refractivity contribution in [2.45, 2.75) is 26.8 Å². The van der Waals surface area contributed by atoms with E-state index in [1.54, 1.807) is 0 Å². The molecule has 5 nitrogen and oxygen atoms in total. The summed E-state index contributed by atoms with van der Waals surface area (Å²) in [5.41, 5.74) is 0. The molecule has 1 aliphatic rings. The summed E-state index contributed by atoms with van der Waals surface area (Å²) >= 11 is 0. The second kappa shape index (κ2) is 8.45. The van der Waals surface area contributed by atoms with Crippen LogP contribution in [0.2, 0.25) is 0 Å². The zero-order chi connectivity index (χ0) is 13.4. The van der Waals surface area contributed by atoms with Crippen LogP contribution in [-0.2, 0) is 14.3 Å². The maximum Gasteiger partial charge on any atom is 0.323 e. The Morgan fingerprint density at radius 3 is 2.50 bits per heavy atom. The quantitative estimate of drug-likeness (QED) is 0.532. The first-order chi connectivity index (χ1) is 8.61. The summed E-state index contributed by atoms with van der Waals surface area (Å²) in [4.78, 5) is 13.9. The van der Waals surface area contributed by atoms with Crippen molar-refractivity contribution in [2.24, 2.45) is 5.92 Å². The first-order valence-electron chi connectivity index (χ1n) is 6.80. The van der Waals surface area contributed by atoms with Crippen LogP contribution in [0.5, 0.6) is 0 Å². The Balaban J connectivity index is 2.11. The van der Waals surface area contributed by atoms with Crippen molar-refractivity contribution < 1.29 is 14.3 Å². The lowest BCUT2D eigenvalue weighted by molar-refractivity contribution is -0.151. The summed E-state index contributed by atoms with van der Waals surface area (Å²) in [6.07, 6.45) is 0. The Bertz CT molecular complexity index is 240. The van der Waals surface area contributed by atoms with Gasteiger partial charge in [0, 0.05) is 32.8 Å². The van der Waals surface area contributed by atoms with Gasteiger partial charge in [0.1, 0.15) is 12.6 Å². The van der Waals surface area contributed by atoms with Gasteiger partial charge in [-0.3, -0.25) is 9.69 Å². The van der Waals surface area contributed by atoms with E-state index in [0.29, 0.717) is 25.7 Å². The third-order valence-corrected chi connectivity index (χ3v) is 2.96. The molecule has 1 atom stereocenters. The fourth-order valence-electron chi connectivity index (χ4n) is 1.86. The molecule has 0 aromatic rings. The molecule has 0 bridgehead atoms. The van der Waals surface area contributed by atoms with Crippen LogP contribution in [0.3, 0.4) is 0 Å². The van der Waals surface area contributed by atoms with E-state index >= 15 is 0 Å². The monoisotopic (exact) mass is 258 g/mol. The molecule has 106 valence electrons. The molecule has 1 unspecified atom stereocenters. The Kier molecular flexibility index (Phi) is 7.23. The number of carbonyl (C=O) groups excluding carboxylic acids is 1. The van der Waals surface area contributed by atoms with Crippen LogP contribution in [0.1, 0.15) is 20.8 Å². The number of nitrogens with zero attached hydrogens (tertiary/aromatic N) is 1. The van der Waals surface area contributed by atoms with Crippen molar-refractivity contribution in [1.29, 1.82) is 0 Å². The van der Waals surface area contributed by atoms with E-state index in [1.165, 1.54) is 0 Å². The molecule has 1 aliphatic heterocycles. The van der Waals surface area contributed by atoms with Crippen molar-refractivity contribution in [2.75, 3.05) is 46.0 Å². The molecule has 0 spiro atoms. The lowest BCUT2D eigenvalue weighted by atomic mass is 10.2. The Morgan fingerprint density at radius 1 is 1.22 bits per heavy atom. The molecule has 0 radical (unpaired) electrons. The zero-order valence-electron chi connectivity index (χ0n) is 11.8. The number of rotatable bonds is 7. The normalized spacial score (nSPS) is 18.9. The smallest absolute Gasteiger partial charge is 0.323 e. The van der Waals surface area contributed by atoms with Gasteiger partial charge in [-0.05, 0) is 12.8 Å². The Labute approximate surface area is 110 Å². The van der Waals surface area contributed by atoms with Gasteiger partial charge < -0.3 is 14.8 Å². The van der Waals surface area contributed by atoms with Crippen LogP contribution in [-0.4, -0.2) is 62.9 Å². The van der Waals surface area contributed by atoms with Crippen molar-refractivity contribution >= 4 is 5.97 Å². The summed E-state index contributed by atoms with van der Waals surface area (Å²) in [6.45, 7) is 11.3. The van der Waals surface area contributed by atoms with Crippen molar-refractivity contribution in [3.8, 4) is 0 Å². The molecule has 1 heterocycles. The van der Waals surface area contributed by atoms with Gasteiger partial charge in [-0.25, -0.2) is 0 Å². The number of hydrogen-bond acceptors (Lipinski definition) is 5. The molecule has 1 fully saturated rings. The molecule has 1 rings (SSSR count). The van der Waals surface area contributed by atoms with E-state index < -0.39 is 0 Å². The van der Waals surface area contributed by atoms with Gasteiger partial charge in [0.25, 0.3) is 0 Å². The summed E-state index contributed by atoms with van der Waals surface area (Å²) in [5.74, 6) is 0.366. The zero-order valence-corrected chi connectivity index (χ0v) is 11.8. The molecule has 0 aromatic carbocycles. The van der Waals surface area contributed by atoms with Gasteiger partial charge in [-0.2, -0.15) is 0 Å². The maximum atomic E-state index is 11.8. The predicted octanol–water partition coefficient (Wildman–Crippen LogP) is 0.496. The highest BCUT2D eigenvalue weighted by molar-refractivity contribution is 5.75. The third-order valence-electron chi connectivity index (χ3n) is 2.96. The van der Waals surface area contributed by atoms with E-state index in [4.69, 9.17) is 9.47 Å². The van der Waals surface area contributed by atoms with Crippen LogP contribution in [0.4, 0.5) is 0 Å². The van der Waals surface area contributed by atoms with E-state index in [0.717, 1.165) is 26.2 Å². The van der Waals surface area contributed by atoms with Gasteiger partial charge in [-0.1, -0.05) is 13.8 Å². The molecule has 5 heteroatoms. The van der Waals surface area contributed by atoms with E-state index in [2.05, 4.69) is 24.1 Å². The number of esters is 1. The van der Waals surface area contributed by atoms with Gasteiger partial charge in [0.2, 0.25) is 0 Å². The SMILES string of the molecule is CC(C)COCCOC(=O)C(C)N1CCNCC1. The van der Waals surface area contributed by atoms with Crippen LogP contribution >= 0.6 is 0 Å². The largest absolute Gasteiger partial charge is 0.462 e. The molecular formula is C13H26N2O3. The Morgan fingerprint density at radius 2 is 1.89 bits per heavy atom. The summed E-state index contributed by atoms with van der Waals surface area (Å²) in [5, 5.41) is 3.27. The number of ether oxygens (including phenoxy) is 2. The fraction of sp³-hybridized carbons (Fsp3) is 0.923. The fourth-order valence-corrected chi connectivity index (χ4v) is 1.86. The topological polar surface area (TPSA) is 50.8 Å². The van der Waals surface area contributed by atoms with Crippen LogP contribution in [0, 0.1) is 5.92 Å². The number of carbonyl (C=O) groups is 1. The predicted molar refractivity (Wildman–Crippen MR) is 70.5 cm³/mol. The number of piperazine rings is 1. The summed E-state index contributed by atoms with van der Waals surface area (Å²) < 4.78 is 10.6. The molecule has 0 aromatic heterocycles. The Hall–Kier alpha value is -0.650. The number of nitrogens with one attached hydrogen (secondary N) is 1. The van der Waals surface area contributed by atoms with Crippen LogP contribution < -0.4 is 5.32 Å². The molecule has 0 amide bonds. The highest BCUT2D eigenvalue weighted by Crippen LogP contribution is 2.03. The average molecular weight is 258 g/mol. The molecule has 18 heavy (non-hydrogen) atoms. The minimum atomic E-state index is -0.155. The van der Waals surface area contributed by atoms with Crippen LogP contribution in [0.15, 0.2) is 0 Å². The first-order valence-corrected chi connectivity index (χ1v) is 6.80. The second-order valence-electron chi connectivity index (χ2n) is 5.10. The second-order valence-corrected chi connectivity index (χ2v) is 5.10. The van der Waals surface area contributed by atoms with E-state index in [9.17, 15) is 4.79 Å². The lowest BCUT2D eigenvalue weighted by Gasteiger charge is -2.31. The van der Waals surface area contributed by atoms with Gasteiger partial charge in [0.05, 0.1) is 6.61 Å². The first kappa shape index (κ1) is 15.4. The van der Waals surface area contributed by atoms with Crippen molar-refractivity contribution in [3.63, 3.8) is 0 Å². The van der Waals surface area contributed by atoms with Gasteiger partial charge in [0.15, 0.2) is 0 Å². The highest BCUT2D eigenvalue weighted by Gasteiger charge is 2.23. The average Bonchev–Trinajstić information content (AvgIpc) is 2.38. The molecule has 0 aliphatic carbocycles. The van der Waals surface area contributed by atoms with E-state index in [-0.39, 0.29) is 12.0 Å². The van der Waals surface area contributed by atoms with Crippen LogP contribution in [0.25, 0.3) is 0 Å². The highest BCUT2D eigenvalue weighted by atomic mass is 16.6. The minimum Gasteiger partial charge on any atom is -0.462 e. The molecule has 0 saturated carbocycles. The molecule has 1 saturated heterocycles. The third kappa shape index (κ3) is 5.80. The van der Waals surface area contributed by atoms with Crippen molar-refractivity contribution in [1.82, 2.24) is 10.2 Å². The standard InChI is InChI=1S/C13H26N2O3/c1-11(2)10-17-8-9-18-13(16)12(3)15-6-4-14-5-7-15/h11-12,14H,4-10H2,1-3H3. The summed E-state index contributed by atoms with van der Waals surface area (Å²) in [7, 11) is 0. The maximum absolute atomic E-state index is 11.8. The molecule has 1 N–H and O–H groups in total.